The van der Waals surface area contributed by atoms with E-state index in [-0.39, 0.29) is 0 Å². The minimum Gasteiger partial charge on any atom is -0.374 e. The molecule has 1 rings (SSSR count). The second-order valence-electron chi connectivity index (χ2n) is 4.86. The molecule has 0 saturated heterocycles. The Hall–Kier alpha value is -1.17. The fourth-order valence-corrected chi connectivity index (χ4v) is 1.91. The van der Waals surface area contributed by atoms with Gasteiger partial charge in [0.05, 0.1) is 12.0 Å². The van der Waals surface area contributed by atoms with Crippen LogP contribution in [0.3, 0.4) is 0 Å². The third-order valence-corrected chi connectivity index (χ3v) is 3.40. The van der Waals surface area contributed by atoms with Crippen LogP contribution in [0.5, 0.6) is 0 Å². The molecule has 0 aliphatic carbocycles. The lowest BCUT2D eigenvalue weighted by molar-refractivity contribution is -0.298. The molecule has 0 amide bonds. The quantitative estimate of drug-likeness (QED) is 0.716. The van der Waals surface area contributed by atoms with Crippen LogP contribution in [-0.2, 0) is 16.8 Å². The molecule has 0 radical (unpaired) electrons. The topological polar surface area (TPSA) is 9.23 Å². The Balaban J connectivity index is 3.08. The molecule has 6 heteroatoms. The summed E-state index contributed by atoms with van der Waals surface area (Å²) in [6.45, 7) is 3.15. The van der Waals surface area contributed by atoms with Crippen molar-refractivity contribution in [3.63, 3.8) is 0 Å². The minimum absolute atomic E-state index is 0.293. The maximum atomic E-state index is 13.2. The fourth-order valence-electron chi connectivity index (χ4n) is 1.91. The largest absolute Gasteiger partial charge is 0.453 e. The number of halogens is 5. The molecule has 0 aliphatic heterocycles. The lowest BCUT2D eigenvalue weighted by atomic mass is 9.88. The second-order valence-corrected chi connectivity index (χ2v) is 4.86. The Labute approximate surface area is 114 Å². The van der Waals surface area contributed by atoms with Crippen molar-refractivity contribution in [1.82, 2.24) is 0 Å². The van der Waals surface area contributed by atoms with E-state index in [2.05, 4.69) is 0 Å². The molecule has 114 valence electrons. The third kappa shape index (κ3) is 3.48. The van der Waals surface area contributed by atoms with Gasteiger partial charge < -0.3 is 4.74 Å². The standard InChI is InChI=1S/C14H17F5O/c1-4-10-5-7-11(8-6-10)12(2,20-3)9-13(15,16)14(17,18)19/h5-8H,4,9H2,1-3H3. The molecule has 1 nitrogen and oxygen atoms in total. The normalized spacial score (nSPS) is 16.0. The van der Waals surface area contributed by atoms with E-state index >= 15 is 0 Å². The molecular weight excluding hydrogens is 279 g/mol. The van der Waals surface area contributed by atoms with Crippen LogP contribution in [0, 0.1) is 0 Å². The van der Waals surface area contributed by atoms with Gasteiger partial charge in [-0.15, -0.1) is 0 Å². The van der Waals surface area contributed by atoms with Gasteiger partial charge in [-0.25, -0.2) is 0 Å². The van der Waals surface area contributed by atoms with Crippen LogP contribution in [0.25, 0.3) is 0 Å². The van der Waals surface area contributed by atoms with Crippen LogP contribution < -0.4 is 0 Å². The van der Waals surface area contributed by atoms with E-state index in [1.54, 1.807) is 12.1 Å². The van der Waals surface area contributed by atoms with E-state index < -0.39 is 24.1 Å². The van der Waals surface area contributed by atoms with Crippen molar-refractivity contribution < 1.29 is 26.7 Å². The lowest BCUT2D eigenvalue weighted by Gasteiger charge is -2.33. The van der Waals surface area contributed by atoms with Gasteiger partial charge in [-0.1, -0.05) is 31.2 Å². The molecule has 1 atom stereocenters. The highest BCUT2D eigenvalue weighted by molar-refractivity contribution is 5.27. The first-order valence-corrected chi connectivity index (χ1v) is 6.15. The number of hydrogen-bond acceptors (Lipinski definition) is 1. The molecule has 0 spiro atoms. The molecule has 0 saturated carbocycles. The molecule has 1 aromatic rings. The van der Waals surface area contributed by atoms with E-state index in [4.69, 9.17) is 4.74 Å². The summed E-state index contributed by atoms with van der Waals surface area (Å²) in [6, 6.07) is 6.43. The van der Waals surface area contributed by atoms with E-state index in [9.17, 15) is 22.0 Å². The van der Waals surface area contributed by atoms with Crippen LogP contribution in [0.2, 0.25) is 0 Å². The number of rotatable bonds is 5. The third-order valence-electron chi connectivity index (χ3n) is 3.40. The summed E-state index contributed by atoms with van der Waals surface area (Å²) in [7, 11) is 1.13. The van der Waals surface area contributed by atoms with Crippen molar-refractivity contribution in [3.05, 3.63) is 35.4 Å². The van der Waals surface area contributed by atoms with Gasteiger partial charge in [0.15, 0.2) is 0 Å². The maximum Gasteiger partial charge on any atom is 0.453 e. The number of aryl methyl sites for hydroxylation is 1. The number of ether oxygens (including phenoxy) is 1. The fraction of sp³-hybridized carbons (Fsp3) is 0.571. The molecule has 1 unspecified atom stereocenters. The highest BCUT2D eigenvalue weighted by Gasteiger charge is 2.60. The average molecular weight is 296 g/mol. The first-order chi connectivity index (χ1) is 9.05. The number of benzene rings is 1. The molecular formula is C14H17F5O. The summed E-state index contributed by atoms with van der Waals surface area (Å²) >= 11 is 0. The van der Waals surface area contributed by atoms with Gasteiger partial charge in [-0.2, -0.15) is 22.0 Å². The van der Waals surface area contributed by atoms with Gasteiger partial charge in [0.2, 0.25) is 0 Å². The Kier molecular flexibility index (Phi) is 4.79. The van der Waals surface area contributed by atoms with Crippen molar-refractivity contribution in [3.8, 4) is 0 Å². The van der Waals surface area contributed by atoms with Crippen LogP contribution in [-0.4, -0.2) is 19.2 Å². The van der Waals surface area contributed by atoms with Gasteiger partial charge in [0.25, 0.3) is 0 Å². The van der Waals surface area contributed by atoms with E-state index in [1.807, 2.05) is 6.92 Å². The highest BCUT2D eigenvalue weighted by atomic mass is 19.4. The summed E-state index contributed by atoms with van der Waals surface area (Å²) in [4.78, 5) is 0. The first kappa shape index (κ1) is 16.9. The van der Waals surface area contributed by atoms with Crippen LogP contribution in [0.15, 0.2) is 24.3 Å². The molecule has 0 fully saturated rings. The van der Waals surface area contributed by atoms with Crippen LogP contribution in [0.1, 0.15) is 31.4 Å². The summed E-state index contributed by atoms with van der Waals surface area (Å²) in [5, 5.41) is 0. The highest BCUT2D eigenvalue weighted by Crippen LogP contribution is 2.45. The van der Waals surface area contributed by atoms with Crippen LogP contribution in [0.4, 0.5) is 22.0 Å². The van der Waals surface area contributed by atoms with Crippen molar-refractivity contribution in [2.24, 2.45) is 0 Å². The van der Waals surface area contributed by atoms with Crippen LogP contribution >= 0.6 is 0 Å². The molecule has 1 aromatic carbocycles. The Bertz CT molecular complexity index is 438. The van der Waals surface area contributed by atoms with Gasteiger partial charge in [-0.05, 0) is 24.5 Å². The Morgan fingerprint density at radius 2 is 1.50 bits per heavy atom. The predicted molar refractivity (Wildman–Crippen MR) is 65.8 cm³/mol. The molecule has 0 heterocycles. The lowest BCUT2D eigenvalue weighted by Crippen LogP contribution is -2.43. The van der Waals surface area contributed by atoms with Gasteiger partial charge >= 0.3 is 12.1 Å². The predicted octanol–water partition coefficient (Wildman–Crippen LogP) is 4.70. The summed E-state index contributed by atoms with van der Waals surface area (Å²) in [5.74, 6) is -4.80. The Morgan fingerprint density at radius 3 is 1.85 bits per heavy atom. The van der Waals surface area contributed by atoms with Gasteiger partial charge in [0.1, 0.15) is 0 Å². The second kappa shape index (κ2) is 5.68. The van der Waals surface area contributed by atoms with Gasteiger partial charge in [0, 0.05) is 7.11 Å². The summed E-state index contributed by atoms with van der Waals surface area (Å²) in [5.41, 5.74) is -0.443. The average Bonchev–Trinajstić information content (AvgIpc) is 2.37. The zero-order chi connectivity index (χ0) is 15.6. The molecule has 0 N–H and O–H groups in total. The SMILES string of the molecule is CCc1ccc(C(C)(CC(F)(F)C(F)(F)F)OC)cc1. The minimum atomic E-state index is -5.59. The van der Waals surface area contributed by atoms with E-state index in [1.165, 1.54) is 19.1 Å². The van der Waals surface area contributed by atoms with Crippen molar-refractivity contribution in [2.75, 3.05) is 7.11 Å². The van der Waals surface area contributed by atoms with Crippen molar-refractivity contribution in [1.29, 1.82) is 0 Å². The molecule has 0 aromatic heterocycles. The molecule has 0 bridgehead atoms. The monoisotopic (exact) mass is 296 g/mol. The Morgan fingerprint density at radius 1 is 1.00 bits per heavy atom. The van der Waals surface area contributed by atoms with Crippen molar-refractivity contribution in [2.45, 2.75) is 44.4 Å². The summed E-state index contributed by atoms with van der Waals surface area (Å²) < 4.78 is 68.4. The molecule has 20 heavy (non-hydrogen) atoms. The number of methoxy groups -OCH3 is 1. The van der Waals surface area contributed by atoms with Crippen molar-refractivity contribution >= 4 is 0 Å². The first-order valence-electron chi connectivity index (χ1n) is 6.15. The smallest absolute Gasteiger partial charge is 0.374 e. The number of hydrogen-bond donors (Lipinski definition) is 0. The summed E-state index contributed by atoms with van der Waals surface area (Å²) in [6.07, 6.45) is -6.29. The zero-order valence-electron chi connectivity index (χ0n) is 11.5. The van der Waals surface area contributed by atoms with E-state index in [0.29, 0.717) is 5.56 Å². The molecule has 0 aliphatic rings. The maximum absolute atomic E-state index is 13.2. The van der Waals surface area contributed by atoms with E-state index in [0.717, 1.165) is 19.1 Å². The number of alkyl halides is 5. The van der Waals surface area contributed by atoms with Gasteiger partial charge in [-0.3, -0.25) is 0 Å². The zero-order valence-corrected chi connectivity index (χ0v) is 11.5.